The Hall–Kier alpha value is -2.04. The highest BCUT2D eigenvalue weighted by atomic mass is 16.5. The summed E-state index contributed by atoms with van der Waals surface area (Å²) in [7, 11) is 1.36. The summed E-state index contributed by atoms with van der Waals surface area (Å²) < 4.78 is 15.1. The van der Waals surface area contributed by atoms with E-state index in [4.69, 9.17) is 9.47 Å². The van der Waals surface area contributed by atoms with E-state index in [1.54, 1.807) is 25.1 Å². The first kappa shape index (κ1) is 16.0. The lowest BCUT2D eigenvalue weighted by molar-refractivity contribution is -0.140. The Morgan fingerprint density at radius 1 is 1.15 bits per heavy atom. The standard InChI is InChI=1S/C15H20O5/c1-4-19-13-10-12(15(17)20-5-2)7-6-11(13)8-9-14(16)18-3/h6-7,10H,4-5,8-9H2,1-3H3. The van der Waals surface area contributed by atoms with Gasteiger partial charge in [0.2, 0.25) is 0 Å². The molecule has 1 aromatic carbocycles. The smallest absolute Gasteiger partial charge is 0.338 e. The molecular weight excluding hydrogens is 260 g/mol. The maximum absolute atomic E-state index is 11.7. The zero-order valence-electron chi connectivity index (χ0n) is 12.1. The Balaban J connectivity index is 2.89. The van der Waals surface area contributed by atoms with Gasteiger partial charge in [-0.1, -0.05) is 6.07 Å². The Bertz CT molecular complexity index is 467. The van der Waals surface area contributed by atoms with Gasteiger partial charge in [0.05, 0.1) is 25.9 Å². The Morgan fingerprint density at radius 2 is 1.90 bits per heavy atom. The minimum Gasteiger partial charge on any atom is -0.494 e. The van der Waals surface area contributed by atoms with Crippen LogP contribution in [0.4, 0.5) is 0 Å². The van der Waals surface area contributed by atoms with Crippen LogP contribution in [0.3, 0.4) is 0 Å². The second-order valence-electron chi connectivity index (χ2n) is 4.05. The third kappa shape index (κ3) is 4.57. The number of carbonyl (C=O) groups excluding carboxylic acids is 2. The van der Waals surface area contributed by atoms with E-state index in [2.05, 4.69) is 4.74 Å². The molecule has 0 unspecified atom stereocenters. The van der Waals surface area contributed by atoms with Crippen LogP contribution in [0.5, 0.6) is 5.75 Å². The highest BCUT2D eigenvalue weighted by Gasteiger charge is 2.12. The summed E-state index contributed by atoms with van der Waals surface area (Å²) in [6.45, 7) is 4.43. The van der Waals surface area contributed by atoms with Crippen molar-refractivity contribution in [2.45, 2.75) is 26.7 Å². The fourth-order valence-electron chi connectivity index (χ4n) is 1.73. The highest BCUT2D eigenvalue weighted by Crippen LogP contribution is 2.23. The molecule has 0 spiro atoms. The van der Waals surface area contributed by atoms with Crippen molar-refractivity contribution < 1.29 is 23.8 Å². The lowest BCUT2D eigenvalue weighted by Crippen LogP contribution is -2.07. The number of benzene rings is 1. The fraction of sp³-hybridized carbons (Fsp3) is 0.467. The Labute approximate surface area is 118 Å². The van der Waals surface area contributed by atoms with E-state index < -0.39 is 0 Å². The number of hydrogen-bond donors (Lipinski definition) is 0. The van der Waals surface area contributed by atoms with Crippen molar-refractivity contribution in [1.82, 2.24) is 0 Å². The van der Waals surface area contributed by atoms with Gasteiger partial charge < -0.3 is 14.2 Å². The molecule has 110 valence electrons. The van der Waals surface area contributed by atoms with E-state index >= 15 is 0 Å². The van der Waals surface area contributed by atoms with Gasteiger partial charge >= 0.3 is 11.9 Å². The summed E-state index contributed by atoms with van der Waals surface area (Å²) in [6.07, 6.45) is 0.778. The minimum atomic E-state index is -0.382. The van der Waals surface area contributed by atoms with Gasteiger partial charge in [-0.3, -0.25) is 4.79 Å². The predicted octanol–water partition coefficient (Wildman–Crippen LogP) is 2.37. The number of aryl methyl sites for hydroxylation is 1. The number of rotatable bonds is 7. The van der Waals surface area contributed by atoms with Crippen molar-refractivity contribution in [3.05, 3.63) is 29.3 Å². The zero-order chi connectivity index (χ0) is 15.0. The third-order valence-electron chi connectivity index (χ3n) is 2.70. The van der Waals surface area contributed by atoms with Gasteiger partial charge in [0.15, 0.2) is 0 Å². The molecule has 0 amide bonds. The van der Waals surface area contributed by atoms with E-state index in [0.717, 1.165) is 5.56 Å². The van der Waals surface area contributed by atoms with Crippen LogP contribution in [0.2, 0.25) is 0 Å². The van der Waals surface area contributed by atoms with Crippen molar-refractivity contribution >= 4 is 11.9 Å². The molecular formula is C15H20O5. The van der Waals surface area contributed by atoms with E-state index in [0.29, 0.717) is 30.9 Å². The summed E-state index contributed by atoms with van der Waals surface area (Å²) in [6, 6.07) is 5.10. The van der Waals surface area contributed by atoms with Gasteiger partial charge in [-0.15, -0.1) is 0 Å². The van der Waals surface area contributed by atoms with Crippen LogP contribution >= 0.6 is 0 Å². The van der Waals surface area contributed by atoms with Gasteiger partial charge in [0.25, 0.3) is 0 Å². The van der Waals surface area contributed by atoms with Gasteiger partial charge in [0.1, 0.15) is 5.75 Å². The fourth-order valence-corrected chi connectivity index (χ4v) is 1.73. The first-order valence-electron chi connectivity index (χ1n) is 6.62. The molecule has 1 aromatic rings. The van der Waals surface area contributed by atoms with Crippen LogP contribution in [-0.4, -0.2) is 32.3 Å². The van der Waals surface area contributed by atoms with Crippen LogP contribution in [0, 0.1) is 0 Å². The summed E-state index contributed by atoms with van der Waals surface area (Å²) in [5.41, 5.74) is 1.31. The molecule has 0 saturated heterocycles. The predicted molar refractivity (Wildman–Crippen MR) is 73.9 cm³/mol. The molecule has 0 aliphatic carbocycles. The lowest BCUT2D eigenvalue weighted by atomic mass is 10.1. The molecule has 0 heterocycles. The maximum Gasteiger partial charge on any atom is 0.338 e. The van der Waals surface area contributed by atoms with Crippen LogP contribution in [0.1, 0.15) is 36.2 Å². The SMILES string of the molecule is CCOC(=O)c1ccc(CCC(=O)OC)c(OCC)c1. The molecule has 0 N–H and O–H groups in total. The number of methoxy groups -OCH3 is 1. The third-order valence-corrected chi connectivity index (χ3v) is 2.70. The quantitative estimate of drug-likeness (QED) is 0.717. The summed E-state index contributed by atoms with van der Waals surface area (Å²) in [5.74, 6) is -0.0585. The number of carbonyl (C=O) groups is 2. The first-order valence-corrected chi connectivity index (χ1v) is 6.62. The van der Waals surface area contributed by atoms with Crippen LogP contribution in [0.25, 0.3) is 0 Å². The molecule has 0 fully saturated rings. The number of ether oxygens (including phenoxy) is 3. The molecule has 5 heteroatoms. The molecule has 1 rings (SSSR count). The minimum absolute atomic E-state index is 0.273. The molecule has 20 heavy (non-hydrogen) atoms. The Kier molecular flexibility index (Phi) is 6.56. The van der Waals surface area contributed by atoms with Crippen LogP contribution < -0.4 is 4.74 Å². The van der Waals surface area contributed by atoms with Gasteiger partial charge in [-0.25, -0.2) is 4.79 Å². The lowest BCUT2D eigenvalue weighted by Gasteiger charge is -2.11. The number of hydrogen-bond acceptors (Lipinski definition) is 5. The normalized spacial score (nSPS) is 9.95. The van der Waals surface area contributed by atoms with Crippen molar-refractivity contribution in [3.63, 3.8) is 0 Å². The van der Waals surface area contributed by atoms with Crippen LogP contribution in [0.15, 0.2) is 18.2 Å². The van der Waals surface area contributed by atoms with Crippen molar-refractivity contribution in [1.29, 1.82) is 0 Å². The molecule has 0 aliphatic heterocycles. The van der Waals surface area contributed by atoms with Gasteiger partial charge in [-0.2, -0.15) is 0 Å². The van der Waals surface area contributed by atoms with Gasteiger partial charge in [-0.05, 0) is 38.0 Å². The molecule has 0 radical (unpaired) electrons. The van der Waals surface area contributed by atoms with Crippen LogP contribution in [-0.2, 0) is 20.7 Å². The highest BCUT2D eigenvalue weighted by molar-refractivity contribution is 5.90. The van der Waals surface area contributed by atoms with Crippen molar-refractivity contribution in [2.24, 2.45) is 0 Å². The van der Waals surface area contributed by atoms with E-state index in [1.807, 2.05) is 6.92 Å². The summed E-state index contributed by atoms with van der Waals surface area (Å²) in [5, 5.41) is 0. The zero-order valence-corrected chi connectivity index (χ0v) is 12.1. The second-order valence-corrected chi connectivity index (χ2v) is 4.05. The maximum atomic E-state index is 11.7. The molecule has 0 aromatic heterocycles. The van der Waals surface area contributed by atoms with E-state index in [-0.39, 0.29) is 18.4 Å². The summed E-state index contributed by atoms with van der Waals surface area (Å²) in [4.78, 5) is 22.9. The second kappa shape index (κ2) is 8.19. The van der Waals surface area contributed by atoms with E-state index in [9.17, 15) is 9.59 Å². The van der Waals surface area contributed by atoms with Crippen molar-refractivity contribution in [2.75, 3.05) is 20.3 Å². The van der Waals surface area contributed by atoms with Gasteiger partial charge in [0, 0.05) is 6.42 Å². The molecule has 0 atom stereocenters. The van der Waals surface area contributed by atoms with Crippen molar-refractivity contribution in [3.8, 4) is 5.75 Å². The topological polar surface area (TPSA) is 61.8 Å². The number of esters is 2. The first-order chi connectivity index (χ1) is 9.62. The average Bonchev–Trinajstić information content (AvgIpc) is 2.46. The van der Waals surface area contributed by atoms with E-state index in [1.165, 1.54) is 7.11 Å². The monoisotopic (exact) mass is 280 g/mol. The molecule has 0 bridgehead atoms. The molecule has 0 saturated carbocycles. The molecule has 0 aliphatic rings. The average molecular weight is 280 g/mol. The largest absolute Gasteiger partial charge is 0.494 e. The Morgan fingerprint density at radius 3 is 2.50 bits per heavy atom. The molecule has 5 nitrogen and oxygen atoms in total. The summed E-state index contributed by atoms with van der Waals surface area (Å²) >= 11 is 0.